The van der Waals surface area contributed by atoms with Gasteiger partial charge in [-0.3, -0.25) is 0 Å². The Balaban J connectivity index is 2.27. The Morgan fingerprint density at radius 2 is 2.11 bits per heavy atom. The lowest BCUT2D eigenvalue weighted by Crippen LogP contribution is -2.43. The summed E-state index contributed by atoms with van der Waals surface area (Å²) in [6.45, 7) is 9.03. The zero-order chi connectivity index (χ0) is 13.2. The van der Waals surface area contributed by atoms with Crippen LogP contribution in [0.1, 0.15) is 38.8 Å². The number of nitrogens with two attached hydrogens (primary N) is 1. The molecule has 2 N–H and O–H groups in total. The number of hydrogen-bond acceptors (Lipinski definition) is 3. The second kappa shape index (κ2) is 5.54. The van der Waals surface area contributed by atoms with E-state index in [0.717, 1.165) is 19.5 Å². The first-order valence-electron chi connectivity index (χ1n) is 6.77. The average molecular weight is 264 g/mol. The molecule has 1 saturated heterocycles. The molecule has 1 heterocycles. The van der Waals surface area contributed by atoms with Crippen LogP contribution in [0.15, 0.2) is 24.3 Å². The second-order valence-corrected chi connectivity index (χ2v) is 7.41. The lowest BCUT2D eigenvalue weighted by molar-refractivity contribution is 0.636. The van der Waals surface area contributed by atoms with Gasteiger partial charge in [-0.15, -0.1) is 0 Å². The average Bonchev–Trinajstić information content (AvgIpc) is 2.36. The molecule has 0 radical (unpaired) electrons. The van der Waals surface area contributed by atoms with Crippen LogP contribution in [0, 0.1) is 0 Å². The fourth-order valence-electron chi connectivity index (χ4n) is 2.53. The highest BCUT2D eigenvalue weighted by atomic mass is 32.2. The van der Waals surface area contributed by atoms with Gasteiger partial charge in [-0.1, -0.05) is 25.1 Å². The molecule has 1 aromatic rings. The molecule has 3 heteroatoms. The first-order valence-corrected chi connectivity index (χ1v) is 7.75. The maximum absolute atomic E-state index is 6.24. The van der Waals surface area contributed by atoms with Crippen molar-refractivity contribution in [2.45, 2.75) is 38.0 Å². The van der Waals surface area contributed by atoms with Gasteiger partial charge in [0.15, 0.2) is 0 Å². The Morgan fingerprint density at radius 1 is 1.39 bits per heavy atom. The largest absolute Gasteiger partial charge is 0.369 e. The molecular weight excluding hydrogens is 240 g/mol. The van der Waals surface area contributed by atoms with Crippen LogP contribution >= 0.6 is 11.8 Å². The minimum Gasteiger partial charge on any atom is -0.369 e. The number of nitrogens with zero attached hydrogens (tertiary/aromatic N) is 1. The van der Waals surface area contributed by atoms with E-state index in [2.05, 4.69) is 61.7 Å². The zero-order valence-electron chi connectivity index (χ0n) is 11.6. The van der Waals surface area contributed by atoms with Gasteiger partial charge in [-0.25, -0.2) is 0 Å². The normalized spacial score (nSPS) is 20.8. The third-order valence-electron chi connectivity index (χ3n) is 3.54. The van der Waals surface area contributed by atoms with Crippen LogP contribution in [0.4, 0.5) is 5.69 Å². The number of para-hydroxylation sites is 1. The maximum atomic E-state index is 6.24. The quantitative estimate of drug-likeness (QED) is 0.907. The molecule has 1 fully saturated rings. The SMILES string of the molecule is CC[C@@H](N)c1ccccc1N1CCSC(C)(C)C1. The molecule has 2 nitrogen and oxygen atoms in total. The molecule has 100 valence electrons. The topological polar surface area (TPSA) is 29.3 Å². The summed E-state index contributed by atoms with van der Waals surface area (Å²) in [6, 6.07) is 8.77. The Morgan fingerprint density at radius 3 is 2.78 bits per heavy atom. The van der Waals surface area contributed by atoms with Crippen molar-refractivity contribution in [3.05, 3.63) is 29.8 Å². The lowest BCUT2D eigenvalue weighted by atomic mass is 10.0. The van der Waals surface area contributed by atoms with Crippen LogP contribution in [0.5, 0.6) is 0 Å². The zero-order valence-corrected chi connectivity index (χ0v) is 12.5. The molecule has 0 bridgehead atoms. The van der Waals surface area contributed by atoms with Crippen LogP contribution in [-0.4, -0.2) is 23.6 Å². The van der Waals surface area contributed by atoms with Crippen molar-refractivity contribution < 1.29 is 0 Å². The van der Waals surface area contributed by atoms with Gasteiger partial charge in [0.1, 0.15) is 0 Å². The molecule has 1 aliphatic rings. The number of thioether (sulfide) groups is 1. The lowest BCUT2D eigenvalue weighted by Gasteiger charge is -2.40. The molecule has 1 atom stereocenters. The number of hydrogen-bond donors (Lipinski definition) is 1. The van der Waals surface area contributed by atoms with Gasteiger partial charge in [0.2, 0.25) is 0 Å². The molecule has 1 aromatic carbocycles. The minimum absolute atomic E-state index is 0.152. The van der Waals surface area contributed by atoms with Crippen molar-refractivity contribution in [2.24, 2.45) is 5.73 Å². The van der Waals surface area contributed by atoms with Crippen LogP contribution in [0.2, 0.25) is 0 Å². The molecule has 2 rings (SSSR count). The summed E-state index contributed by atoms with van der Waals surface area (Å²) in [5.74, 6) is 1.20. The van der Waals surface area contributed by atoms with Gasteiger partial charge in [0.05, 0.1) is 0 Å². The van der Waals surface area contributed by atoms with Crippen LogP contribution < -0.4 is 10.6 Å². The minimum atomic E-state index is 0.152. The van der Waals surface area contributed by atoms with E-state index in [1.165, 1.54) is 17.0 Å². The van der Waals surface area contributed by atoms with Crippen molar-refractivity contribution in [3.63, 3.8) is 0 Å². The summed E-state index contributed by atoms with van der Waals surface area (Å²) >= 11 is 2.07. The third kappa shape index (κ3) is 3.01. The smallest absolute Gasteiger partial charge is 0.0415 e. The summed E-state index contributed by atoms with van der Waals surface area (Å²) in [6.07, 6.45) is 0.989. The second-order valence-electron chi connectivity index (χ2n) is 5.60. The monoisotopic (exact) mass is 264 g/mol. The van der Waals surface area contributed by atoms with Gasteiger partial charge in [-0.05, 0) is 31.9 Å². The van der Waals surface area contributed by atoms with E-state index < -0.39 is 0 Å². The van der Waals surface area contributed by atoms with Crippen LogP contribution in [0.3, 0.4) is 0 Å². The van der Waals surface area contributed by atoms with E-state index in [0.29, 0.717) is 4.75 Å². The predicted octanol–water partition coefficient (Wildman–Crippen LogP) is 3.43. The van der Waals surface area contributed by atoms with E-state index in [1.54, 1.807) is 0 Å². The fourth-order valence-corrected chi connectivity index (χ4v) is 3.64. The third-order valence-corrected chi connectivity index (χ3v) is 4.84. The van der Waals surface area contributed by atoms with Crippen LogP contribution in [0.25, 0.3) is 0 Å². The van der Waals surface area contributed by atoms with Gasteiger partial charge < -0.3 is 10.6 Å². The van der Waals surface area contributed by atoms with Crippen molar-refractivity contribution >= 4 is 17.4 Å². The number of benzene rings is 1. The van der Waals surface area contributed by atoms with Gasteiger partial charge >= 0.3 is 0 Å². The number of anilines is 1. The molecular formula is C15H24N2S. The molecule has 18 heavy (non-hydrogen) atoms. The van der Waals surface area contributed by atoms with Crippen molar-refractivity contribution in [2.75, 3.05) is 23.7 Å². The van der Waals surface area contributed by atoms with Crippen molar-refractivity contribution in [1.82, 2.24) is 0 Å². The Kier molecular flexibility index (Phi) is 4.23. The number of rotatable bonds is 3. The molecule has 0 saturated carbocycles. The van der Waals surface area contributed by atoms with Gasteiger partial charge in [0, 0.05) is 35.3 Å². The summed E-state index contributed by atoms with van der Waals surface area (Å²) in [5.41, 5.74) is 8.87. The van der Waals surface area contributed by atoms with Crippen molar-refractivity contribution in [3.8, 4) is 0 Å². The Hall–Kier alpha value is -0.670. The van der Waals surface area contributed by atoms with E-state index in [4.69, 9.17) is 5.73 Å². The Labute approximate surface area is 115 Å². The Bertz CT molecular complexity index is 403. The summed E-state index contributed by atoms with van der Waals surface area (Å²) < 4.78 is 0.335. The van der Waals surface area contributed by atoms with E-state index >= 15 is 0 Å². The first-order chi connectivity index (χ1) is 8.53. The van der Waals surface area contributed by atoms with E-state index in [-0.39, 0.29) is 6.04 Å². The molecule has 0 spiro atoms. The molecule has 0 aliphatic carbocycles. The van der Waals surface area contributed by atoms with Crippen molar-refractivity contribution in [1.29, 1.82) is 0 Å². The molecule has 0 aromatic heterocycles. The highest BCUT2D eigenvalue weighted by molar-refractivity contribution is 8.00. The highest BCUT2D eigenvalue weighted by Gasteiger charge is 2.28. The van der Waals surface area contributed by atoms with Crippen LogP contribution in [-0.2, 0) is 0 Å². The summed E-state index contributed by atoms with van der Waals surface area (Å²) in [7, 11) is 0. The first kappa shape index (κ1) is 13.8. The predicted molar refractivity (Wildman–Crippen MR) is 82.4 cm³/mol. The standard InChI is InChI=1S/C15H24N2S/c1-4-13(16)12-7-5-6-8-14(12)17-9-10-18-15(2,3)11-17/h5-8,13H,4,9-11,16H2,1-3H3/t13-/m1/s1. The van der Waals surface area contributed by atoms with E-state index in [1.807, 2.05) is 0 Å². The maximum Gasteiger partial charge on any atom is 0.0415 e. The highest BCUT2D eigenvalue weighted by Crippen LogP contribution is 2.35. The fraction of sp³-hybridized carbons (Fsp3) is 0.600. The molecule has 0 unspecified atom stereocenters. The molecule has 0 amide bonds. The molecule has 1 aliphatic heterocycles. The van der Waals surface area contributed by atoms with E-state index in [9.17, 15) is 0 Å². The van der Waals surface area contributed by atoms with Gasteiger partial charge in [0.25, 0.3) is 0 Å². The van der Waals surface area contributed by atoms with Gasteiger partial charge in [-0.2, -0.15) is 11.8 Å². The summed E-state index contributed by atoms with van der Waals surface area (Å²) in [4.78, 5) is 2.50. The summed E-state index contributed by atoms with van der Waals surface area (Å²) in [5, 5.41) is 0.